The molecular formula is C12H20N2O5. The third-order valence-corrected chi connectivity index (χ3v) is 3.62. The number of carboxylic acids is 2. The molecule has 1 aliphatic rings. The molecule has 0 radical (unpaired) electrons. The van der Waals surface area contributed by atoms with Crippen LogP contribution in [0.4, 0.5) is 0 Å². The molecule has 1 rings (SSSR count). The fourth-order valence-corrected chi connectivity index (χ4v) is 2.40. The van der Waals surface area contributed by atoms with Crippen LogP contribution in [0.15, 0.2) is 0 Å². The van der Waals surface area contributed by atoms with Gasteiger partial charge in [0.25, 0.3) is 0 Å². The molecule has 1 fully saturated rings. The summed E-state index contributed by atoms with van der Waals surface area (Å²) in [4.78, 5) is 37.2. The molecule has 0 aromatic heterocycles. The summed E-state index contributed by atoms with van der Waals surface area (Å²) in [7, 11) is 3.27. The van der Waals surface area contributed by atoms with Crippen molar-refractivity contribution < 1.29 is 24.6 Å². The molecule has 7 heteroatoms. The Morgan fingerprint density at radius 2 is 1.68 bits per heavy atom. The Labute approximate surface area is 111 Å². The molecule has 1 aliphatic heterocycles. The lowest BCUT2D eigenvalue weighted by Crippen LogP contribution is -2.53. The van der Waals surface area contributed by atoms with Crippen molar-refractivity contribution in [2.75, 3.05) is 27.2 Å². The van der Waals surface area contributed by atoms with Gasteiger partial charge in [-0.2, -0.15) is 0 Å². The van der Waals surface area contributed by atoms with E-state index in [4.69, 9.17) is 10.2 Å². The fourth-order valence-electron chi connectivity index (χ4n) is 2.40. The first-order chi connectivity index (χ1) is 8.75. The van der Waals surface area contributed by atoms with Gasteiger partial charge in [-0.1, -0.05) is 0 Å². The van der Waals surface area contributed by atoms with Crippen LogP contribution in [0, 0.1) is 11.8 Å². The fraction of sp³-hybridized carbons (Fsp3) is 0.750. The molecule has 3 unspecified atom stereocenters. The van der Waals surface area contributed by atoms with Crippen LogP contribution in [0.3, 0.4) is 0 Å². The highest BCUT2D eigenvalue weighted by atomic mass is 16.4. The molecular weight excluding hydrogens is 252 g/mol. The summed E-state index contributed by atoms with van der Waals surface area (Å²) >= 11 is 0. The van der Waals surface area contributed by atoms with Gasteiger partial charge in [-0.05, 0) is 19.9 Å². The minimum atomic E-state index is -1.12. The van der Waals surface area contributed by atoms with E-state index in [2.05, 4.69) is 0 Å². The number of rotatable bonds is 4. The van der Waals surface area contributed by atoms with E-state index < -0.39 is 29.8 Å². The van der Waals surface area contributed by atoms with E-state index in [0.717, 1.165) is 0 Å². The van der Waals surface area contributed by atoms with Gasteiger partial charge in [0.1, 0.15) is 0 Å². The predicted octanol–water partition coefficient (Wildman–Crippen LogP) is -0.430. The summed E-state index contributed by atoms with van der Waals surface area (Å²) in [6, 6.07) is -0.438. The maximum atomic E-state index is 11.9. The second-order valence-corrected chi connectivity index (χ2v) is 5.08. The molecule has 1 amide bonds. The first-order valence-corrected chi connectivity index (χ1v) is 6.16. The monoisotopic (exact) mass is 272 g/mol. The van der Waals surface area contributed by atoms with Crippen LogP contribution in [-0.4, -0.2) is 71.1 Å². The zero-order valence-electron chi connectivity index (χ0n) is 11.4. The molecule has 19 heavy (non-hydrogen) atoms. The zero-order valence-corrected chi connectivity index (χ0v) is 11.4. The number of nitrogens with zero attached hydrogens (tertiary/aromatic N) is 2. The highest BCUT2D eigenvalue weighted by Crippen LogP contribution is 2.25. The highest BCUT2D eigenvalue weighted by Gasteiger charge is 2.40. The van der Waals surface area contributed by atoms with Crippen molar-refractivity contribution in [2.24, 2.45) is 11.8 Å². The number of hydrogen-bond acceptors (Lipinski definition) is 4. The van der Waals surface area contributed by atoms with Crippen molar-refractivity contribution in [2.45, 2.75) is 19.4 Å². The minimum absolute atomic E-state index is 0.0903. The van der Waals surface area contributed by atoms with Crippen molar-refractivity contribution in [3.05, 3.63) is 0 Å². The van der Waals surface area contributed by atoms with Crippen molar-refractivity contribution >= 4 is 17.8 Å². The third kappa shape index (κ3) is 3.44. The number of amides is 1. The second-order valence-electron chi connectivity index (χ2n) is 5.08. The number of likely N-dealkylation sites (tertiary alicyclic amines) is 1. The standard InChI is InChI=1S/C12H20N2O5/c1-7(10(15)13(2)3)14-5-4-8(11(16)17)9(6-14)12(18)19/h7-9H,4-6H2,1-3H3,(H,16,17)(H,18,19). The van der Waals surface area contributed by atoms with Crippen molar-refractivity contribution in [3.63, 3.8) is 0 Å². The van der Waals surface area contributed by atoms with Crippen LogP contribution in [-0.2, 0) is 14.4 Å². The first kappa shape index (κ1) is 15.4. The second kappa shape index (κ2) is 6.01. The van der Waals surface area contributed by atoms with Gasteiger partial charge in [-0.3, -0.25) is 19.3 Å². The molecule has 2 N–H and O–H groups in total. The van der Waals surface area contributed by atoms with E-state index in [9.17, 15) is 14.4 Å². The predicted molar refractivity (Wildman–Crippen MR) is 66.6 cm³/mol. The normalized spacial score (nSPS) is 25.6. The minimum Gasteiger partial charge on any atom is -0.481 e. The van der Waals surface area contributed by atoms with Gasteiger partial charge in [-0.15, -0.1) is 0 Å². The maximum Gasteiger partial charge on any atom is 0.308 e. The van der Waals surface area contributed by atoms with Gasteiger partial charge >= 0.3 is 11.9 Å². The summed E-state index contributed by atoms with van der Waals surface area (Å²) in [5, 5.41) is 18.1. The van der Waals surface area contributed by atoms with E-state index in [-0.39, 0.29) is 18.9 Å². The average molecular weight is 272 g/mol. The molecule has 0 bridgehead atoms. The Kier molecular flexibility index (Phi) is 4.88. The van der Waals surface area contributed by atoms with Crippen LogP contribution in [0.2, 0.25) is 0 Å². The molecule has 108 valence electrons. The zero-order chi connectivity index (χ0) is 14.7. The Hall–Kier alpha value is -1.63. The van der Waals surface area contributed by atoms with Gasteiger partial charge in [0, 0.05) is 20.6 Å². The van der Waals surface area contributed by atoms with Gasteiger partial charge in [0.05, 0.1) is 17.9 Å². The lowest BCUT2D eigenvalue weighted by molar-refractivity contribution is -0.158. The summed E-state index contributed by atoms with van der Waals surface area (Å²) in [5.41, 5.74) is 0. The highest BCUT2D eigenvalue weighted by molar-refractivity contribution is 5.82. The topological polar surface area (TPSA) is 98.2 Å². The van der Waals surface area contributed by atoms with Crippen molar-refractivity contribution in [1.82, 2.24) is 9.80 Å². The van der Waals surface area contributed by atoms with Crippen LogP contribution >= 0.6 is 0 Å². The van der Waals surface area contributed by atoms with E-state index in [1.807, 2.05) is 0 Å². The number of likely N-dealkylation sites (N-methyl/N-ethyl adjacent to an activating group) is 1. The van der Waals surface area contributed by atoms with Crippen LogP contribution < -0.4 is 0 Å². The summed E-state index contributed by atoms with van der Waals surface area (Å²) < 4.78 is 0. The molecule has 3 atom stereocenters. The van der Waals surface area contributed by atoms with Crippen LogP contribution in [0.5, 0.6) is 0 Å². The molecule has 0 aromatic carbocycles. The van der Waals surface area contributed by atoms with E-state index in [1.165, 1.54) is 4.90 Å². The molecule has 0 spiro atoms. The van der Waals surface area contributed by atoms with E-state index in [0.29, 0.717) is 6.54 Å². The van der Waals surface area contributed by atoms with Crippen LogP contribution in [0.1, 0.15) is 13.3 Å². The number of carbonyl (C=O) groups excluding carboxylic acids is 1. The molecule has 7 nitrogen and oxygen atoms in total. The smallest absolute Gasteiger partial charge is 0.308 e. The van der Waals surface area contributed by atoms with Gasteiger partial charge in [0.2, 0.25) is 5.91 Å². The molecule has 1 saturated heterocycles. The van der Waals surface area contributed by atoms with Crippen molar-refractivity contribution in [1.29, 1.82) is 0 Å². The lowest BCUT2D eigenvalue weighted by Gasteiger charge is -2.38. The molecule has 1 heterocycles. The summed E-state index contributed by atoms with van der Waals surface area (Å²) in [6.07, 6.45) is 0.247. The number of hydrogen-bond donors (Lipinski definition) is 2. The number of aliphatic carboxylic acids is 2. The first-order valence-electron chi connectivity index (χ1n) is 6.16. The Balaban J connectivity index is 2.79. The SMILES string of the molecule is CC(C(=O)N(C)C)N1CCC(C(=O)O)C(C(=O)O)C1. The largest absolute Gasteiger partial charge is 0.481 e. The van der Waals surface area contributed by atoms with Gasteiger partial charge in [-0.25, -0.2) is 0 Å². The Morgan fingerprint density at radius 1 is 1.16 bits per heavy atom. The van der Waals surface area contributed by atoms with Crippen LogP contribution in [0.25, 0.3) is 0 Å². The summed E-state index contributed by atoms with van der Waals surface area (Å²) in [5.74, 6) is -4.17. The third-order valence-electron chi connectivity index (χ3n) is 3.62. The lowest BCUT2D eigenvalue weighted by atomic mass is 9.85. The van der Waals surface area contributed by atoms with E-state index >= 15 is 0 Å². The Morgan fingerprint density at radius 3 is 2.11 bits per heavy atom. The quantitative estimate of drug-likeness (QED) is 0.720. The number of piperidine rings is 1. The number of carboxylic acid groups (broad SMARTS) is 2. The van der Waals surface area contributed by atoms with Gasteiger partial charge < -0.3 is 15.1 Å². The maximum absolute atomic E-state index is 11.9. The van der Waals surface area contributed by atoms with Crippen molar-refractivity contribution in [3.8, 4) is 0 Å². The summed E-state index contributed by atoms with van der Waals surface area (Å²) in [6.45, 7) is 2.22. The average Bonchev–Trinajstić information content (AvgIpc) is 2.35. The van der Waals surface area contributed by atoms with Gasteiger partial charge in [0.15, 0.2) is 0 Å². The van der Waals surface area contributed by atoms with E-state index in [1.54, 1.807) is 25.9 Å². The number of carbonyl (C=O) groups is 3. The Bertz CT molecular complexity index is 382. The molecule has 0 aliphatic carbocycles. The molecule has 0 saturated carbocycles. The molecule has 0 aromatic rings.